The summed E-state index contributed by atoms with van der Waals surface area (Å²) in [6.07, 6.45) is 13.1. The predicted molar refractivity (Wildman–Crippen MR) is 44.6 cm³/mol. The van der Waals surface area contributed by atoms with Crippen molar-refractivity contribution in [3.05, 3.63) is 0 Å². The third-order valence-electron chi connectivity index (χ3n) is 2.49. The number of rotatable bonds is 4. The molecule has 0 saturated heterocycles. The normalized spacial score (nSPS) is 20.0. The standard InChI is InChI=1S/C10H16/c1-3-5-7-10(6-4-2)8-9-10/h2H,3,5-9H2,1H3. The highest BCUT2D eigenvalue weighted by molar-refractivity contribution is 5.02. The van der Waals surface area contributed by atoms with Crippen LogP contribution in [-0.2, 0) is 0 Å². The zero-order chi connectivity index (χ0) is 7.45. The molecule has 0 heterocycles. The van der Waals surface area contributed by atoms with Crippen LogP contribution in [0, 0.1) is 17.8 Å². The molecule has 1 fully saturated rings. The van der Waals surface area contributed by atoms with Gasteiger partial charge < -0.3 is 0 Å². The summed E-state index contributed by atoms with van der Waals surface area (Å²) in [4.78, 5) is 0. The topological polar surface area (TPSA) is 0 Å². The molecule has 1 aliphatic rings. The first-order valence-corrected chi connectivity index (χ1v) is 4.26. The fourth-order valence-corrected chi connectivity index (χ4v) is 1.46. The van der Waals surface area contributed by atoms with Gasteiger partial charge in [0.15, 0.2) is 0 Å². The Morgan fingerprint density at radius 1 is 1.50 bits per heavy atom. The van der Waals surface area contributed by atoms with Crippen molar-refractivity contribution in [2.75, 3.05) is 0 Å². The summed E-state index contributed by atoms with van der Waals surface area (Å²) in [6.45, 7) is 2.24. The van der Waals surface area contributed by atoms with Crippen LogP contribution < -0.4 is 0 Å². The molecule has 0 N–H and O–H groups in total. The van der Waals surface area contributed by atoms with Gasteiger partial charge in [0, 0.05) is 6.42 Å². The summed E-state index contributed by atoms with van der Waals surface area (Å²) >= 11 is 0. The molecule has 0 aliphatic heterocycles. The van der Waals surface area contributed by atoms with Crippen molar-refractivity contribution in [3.8, 4) is 12.3 Å². The van der Waals surface area contributed by atoms with Crippen molar-refractivity contribution in [2.45, 2.75) is 45.4 Å². The average Bonchev–Trinajstić information content (AvgIpc) is 2.67. The van der Waals surface area contributed by atoms with Crippen molar-refractivity contribution >= 4 is 0 Å². The fourth-order valence-electron chi connectivity index (χ4n) is 1.46. The summed E-state index contributed by atoms with van der Waals surface area (Å²) in [5.74, 6) is 2.78. The lowest BCUT2D eigenvalue weighted by atomic mass is 9.96. The fraction of sp³-hybridized carbons (Fsp3) is 0.800. The molecule has 1 rings (SSSR count). The van der Waals surface area contributed by atoms with E-state index >= 15 is 0 Å². The van der Waals surface area contributed by atoms with E-state index in [-0.39, 0.29) is 0 Å². The lowest BCUT2D eigenvalue weighted by Crippen LogP contribution is -1.97. The molecule has 0 unspecified atom stereocenters. The minimum atomic E-state index is 0.616. The molecule has 0 amide bonds. The molecule has 0 heteroatoms. The largest absolute Gasteiger partial charge is 0.120 e. The highest BCUT2D eigenvalue weighted by Crippen LogP contribution is 2.52. The molecule has 1 saturated carbocycles. The van der Waals surface area contributed by atoms with Gasteiger partial charge in [-0.2, -0.15) is 0 Å². The first-order valence-electron chi connectivity index (χ1n) is 4.26. The van der Waals surface area contributed by atoms with Crippen LogP contribution >= 0.6 is 0 Å². The highest BCUT2D eigenvalue weighted by Gasteiger charge is 2.40. The van der Waals surface area contributed by atoms with Gasteiger partial charge >= 0.3 is 0 Å². The maximum atomic E-state index is 5.28. The van der Waals surface area contributed by atoms with Gasteiger partial charge in [0.05, 0.1) is 0 Å². The second-order valence-electron chi connectivity index (χ2n) is 3.48. The summed E-state index contributed by atoms with van der Waals surface area (Å²) < 4.78 is 0. The lowest BCUT2D eigenvalue weighted by Gasteiger charge is -2.08. The molecule has 0 radical (unpaired) electrons. The van der Waals surface area contributed by atoms with Crippen LogP contribution in [0.15, 0.2) is 0 Å². The van der Waals surface area contributed by atoms with Gasteiger partial charge in [0.2, 0.25) is 0 Å². The first kappa shape index (κ1) is 7.66. The third kappa shape index (κ3) is 1.77. The van der Waals surface area contributed by atoms with Crippen LogP contribution in [-0.4, -0.2) is 0 Å². The SMILES string of the molecule is C#CCC1(CCCC)CC1. The second kappa shape index (κ2) is 3.10. The molecule has 10 heavy (non-hydrogen) atoms. The second-order valence-corrected chi connectivity index (χ2v) is 3.48. The Bertz CT molecular complexity index is 135. The van der Waals surface area contributed by atoms with Crippen LogP contribution in [0.25, 0.3) is 0 Å². The Morgan fingerprint density at radius 2 is 2.20 bits per heavy atom. The molecule has 0 aromatic carbocycles. The van der Waals surface area contributed by atoms with Gasteiger partial charge in [-0.3, -0.25) is 0 Å². The molecule has 0 bridgehead atoms. The highest BCUT2D eigenvalue weighted by atomic mass is 14.4. The van der Waals surface area contributed by atoms with Crippen molar-refractivity contribution in [1.29, 1.82) is 0 Å². The predicted octanol–water partition coefficient (Wildman–Crippen LogP) is 2.98. The zero-order valence-electron chi connectivity index (χ0n) is 6.82. The summed E-state index contributed by atoms with van der Waals surface area (Å²) in [5, 5.41) is 0. The van der Waals surface area contributed by atoms with Crippen molar-refractivity contribution in [3.63, 3.8) is 0 Å². The van der Waals surface area contributed by atoms with Gasteiger partial charge in [0.25, 0.3) is 0 Å². The molecule has 0 aromatic heterocycles. The van der Waals surface area contributed by atoms with Gasteiger partial charge in [-0.1, -0.05) is 19.8 Å². The molecule has 0 aromatic rings. The van der Waals surface area contributed by atoms with E-state index in [2.05, 4.69) is 12.8 Å². The molecule has 0 nitrogen and oxygen atoms in total. The molecule has 1 aliphatic carbocycles. The Morgan fingerprint density at radius 3 is 2.60 bits per heavy atom. The van der Waals surface area contributed by atoms with Crippen LogP contribution in [0.2, 0.25) is 0 Å². The van der Waals surface area contributed by atoms with E-state index in [4.69, 9.17) is 6.42 Å². The van der Waals surface area contributed by atoms with E-state index in [1.54, 1.807) is 0 Å². The number of terminal acetylenes is 1. The third-order valence-corrected chi connectivity index (χ3v) is 2.49. The van der Waals surface area contributed by atoms with Gasteiger partial charge in [0.1, 0.15) is 0 Å². The van der Waals surface area contributed by atoms with E-state index in [9.17, 15) is 0 Å². The number of unbranched alkanes of at least 4 members (excludes halogenated alkanes) is 1. The molecule has 0 spiro atoms. The Balaban J connectivity index is 2.18. The van der Waals surface area contributed by atoms with E-state index in [1.165, 1.54) is 32.1 Å². The Hall–Kier alpha value is -0.440. The number of hydrogen-bond acceptors (Lipinski definition) is 0. The van der Waals surface area contributed by atoms with Gasteiger partial charge in [-0.05, 0) is 24.7 Å². The molecule has 56 valence electrons. The maximum Gasteiger partial charge on any atom is 0.0143 e. The summed E-state index contributed by atoms with van der Waals surface area (Å²) in [6, 6.07) is 0. The van der Waals surface area contributed by atoms with Crippen LogP contribution in [0.4, 0.5) is 0 Å². The van der Waals surface area contributed by atoms with Gasteiger partial charge in [-0.25, -0.2) is 0 Å². The van der Waals surface area contributed by atoms with Crippen molar-refractivity contribution < 1.29 is 0 Å². The summed E-state index contributed by atoms with van der Waals surface area (Å²) in [7, 11) is 0. The zero-order valence-corrected chi connectivity index (χ0v) is 6.82. The quantitative estimate of drug-likeness (QED) is 0.521. The van der Waals surface area contributed by atoms with E-state index in [0.29, 0.717) is 5.41 Å². The monoisotopic (exact) mass is 136 g/mol. The lowest BCUT2D eigenvalue weighted by molar-refractivity contribution is 0.457. The average molecular weight is 136 g/mol. The minimum absolute atomic E-state index is 0.616. The van der Waals surface area contributed by atoms with Crippen LogP contribution in [0.3, 0.4) is 0 Å². The molecule has 0 atom stereocenters. The van der Waals surface area contributed by atoms with Crippen LogP contribution in [0.5, 0.6) is 0 Å². The smallest absolute Gasteiger partial charge is 0.0143 e. The Kier molecular flexibility index (Phi) is 2.38. The minimum Gasteiger partial charge on any atom is -0.120 e. The first-order chi connectivity index (χ1) is 4.83. The van der Waals surface area contributed by atoms with Crippen molar-refractivity contribution in [1.82, 2.24) is 0 Å². The van der Waals surface area contributed by atoms with Gasteiger partial charge in [-0.15, -0.1) is 12.3 Å². The molecular formula is C10H16. The van der Waals surface area contributed by atoms with E-state index in [1.807, 2.05) is 0 Å². The van der Waals surface area contributed by atoms with E-state index < -0.39 is 0 Å². The Labute approximate surface area is 64.0 Å². The van der Waals surface area contributed by atoms with Crippen LogP contribution in [0.1, 0.15) is 45.4 Å². The maximum absolute atomic E-state index is 5.28. The summed E-state index contributed by atoms with van der Waals surface area (Å²) in [5.41, 5.74) is 0.616. The van der Waals surface area contributed by atoms with E-state index in [0.717, 1.165) is 6.42 Å². The van der Waals surface area contributed by atoms with Crippen molar-refractivity contribution in [2.24, 2.45) is 5.41 Å². The molecular weight excluding hydrogens is 120 g/mol. The number of hydrogen-bond donors (Lipinski definition) is 0.